The van der Waals surface area contributed by atoms with Gasteiger partial charge in [-0.15, -0.1) is 24.0 Å². The summed E-state index contributed by atoms with van der Waals surface area (Å²) in [5.74, 6) is 1.37. The van der Waals surface area contributed by atoms with Crippen LogP contribution in [-0.2, 0) is 11.3 Å². The topological polar surface area (TPSA) is 71.7 Å². The highest BCUT2D eigenvalue weighted by atomic mass is 127. The number of nitrogens with zero attached hydrogens (tertiary/aromatic N) is 2. The second-order valence-corrected chi connectivity index (χ2v) is 6.85. The van der Waals surface area contributed by atoms with Crippen LogP contribution in [0.25, 0.3) is 11.5 Å². The molecule has 0 atom stereocenters. The van der Waals surface area contributed by atoms with Crippen LogP contribution in [0.3, 0.4) is 0 Å². The second kappa shape index (κ2) is 12.8. The van der Waals surface area contributed by atoms with Crippen LogP contribution < -0.4 is 10.6 Å². The van der Waals surface area contributed by atoms with E-state index in [4.69, 9.17) is 9.15 Å². The van der Waals surface area contributed by atoms with Gasteiger partial charge in [-0.3, -0.25) is 4.99 Å². The molecule has 1 aliphatic carbocycles. The number of aromatic nitrogens is 1. The molecule has 2 N–H and O–H groups in total. The van der Waals surface area contributed by atoms with E-state index >= 15 is 0 Å². The molecule has 0 amide bonds. The average molecular weight is 498 g/mol. The molecule has 0 radical (unpaired) electrons. The van der Waals surface area contributed by atoms with Gasteiger partial charge in [0.1, 0.15) is 6.26 Å². The molecule has 0 saturated heterocycles. The molecule has 0 bridgehead atoms. The number of hydrogen-bond donors (Lipinski definition) is 2. The Morgan fingerprint density at radius 1 is 1.14 bits per heavy atom. The van der Waals surface area contributed by atoms with Crippen LogP contribution in [0.5, 0.6) is 0 Å². The molecule has 1 aliphatic rings. The number of nitrogens with one attached hydrogen (secondary N) is 2. The van der Waals surface area contributed by atoms with Crippen LogP contribution in [0.1, 0.15) is 44.2 Å². The van der Waals surface area contributed by atoms with Gasteiger partial charge in [-0.05, 0) is 25.0 Å². The molecular weight excluding hydrogens is 467 g/mol. The molecule has 154 valence electrons. The molecule has 1 aromatic heterocycles. The number of hydrogen-bond acceptors (Lipinski definition) is 4. The number of rotatable bonds is 7. The van der Waals surface area contributed by atoms with Gasteiger partial charge in [0.2, 0.25) is 5.89 Å². The van der Waals surface area contributed by atoms with Gasteiger partial charge in [-0.1, -0.05) is 43.9 Å². The maximum atomic E-state index is 6.00. The predicted octanol–water partition coefficient (Wildman–Crippen LogP) is 4.36. The zero-order valence-electron chi connectivity index (χ0n) is 16.5. The normalized spacial score (nSPS) is 15.5. The number of aliphatic imine (C=N–C) groups is 1. The van der Waals surface area contributed by atoms with Crippen LogP contribution in [0.4, 0.5) is 0 Å². The van der Waals surface area contributed by atoms with Crippen molar-refractivity contribution in [1.82, 2.24) is 15.6 Å². The molecule has 1 saturated carbocycles. The minimum absolute atomic E-state index is 0. The molecule has 1 fully saturated rings. The summed E-state index contributed by atoms with van der Waals surface area (Å²) < 4.78 is 11.6. The van der Waals surface area contributed by atoms with Crippen LogP contribution in [-0.4, -0.2) is 37.2 Å². The Morgan fingerprint density at radius 2 is 1.89 bits per heavy atom. The van der Waals surface area contributed by atoms with E-state index in [0.717, 1.165) is 23.8 Å². The molecule has 1 heterocycles. The third-order valence-corrected chi connectivity index (χ3v) is 4.78. The van der Waals surface area contributed by atoms with Gasteiger partial charge in [0.25, 0.3) is 0 Å². The minimum Gasteiger partial charge on any atom is -0.444 e. The summed E-state index contributed by atoms with van der Waals surface area (Å²) in [6, 6.07) is 9.89. The first-order valence-corrected chi connectivity index (χ1v) is 9.91. The highest BCUT2D eigenvalue weighted by Crippen LogP contribution is 2.19. The number of benzene rings is 1. The van der Waals surface area contributed by atoms with E-state index in [-0.39, 0.29) is 24.0 Å². The van der Waals surface area contributed by atoms with Gasteiger partial charge in [0.15, 0.2) is 5.96 Å². The van der Waals surface area contributed by atoms with E-state index in [2.05, 4.69) is 20.6 Å². The summed E-state index contributed by atoms with van der Waals surface area (Å²) in [5, 5.41) is 6.55. The van der Waals surface area contributed by atoms with Gasteiger partial charge in [-0.2, -0.15) is 0 Å². The monoisotopic (exact) mass is 498 g/mol. The van der Waals surface area contributed by atoms with Crippen LogP contribution in [0, 0.1) is 0 Å². The maximum Gasteiger partial charge on any atom is 0.226 e. The van der Waals surface area contributed by atoms with E-state index in [0.29, 0.717) is 25.1 Å². The first-order chi connectivity index (χ1) is 13.3. The fraction of sp³-hybridized carbons (Fsp3) is 0.524. The fourth-order valence-corrected chi connectivity index (χ4v) is 3.30. The molecule has 3 rings (SSSR count). The first-order valence-electron chi connectivity index (χ1n) is 9.91. The number of oxazole rings is 1. The van der Waals surface area contributed by atoms with Crippen LogP contribution in [0.15, 0.2) is 46.0 Å². The van der Waals surface area contributed by atoms with E-state index in [9.17, 15) is 0 Å². The lowest BCUT2D eigenvalue weighted by molar-refractivity contribution is 0.0468. The van der Waals surface area contributed by atoms with E-state index in [1.54, 1.807) is 13.3 Å². The molecule has 7 heteroatoms. The summed E-state index contributed by atoms with van der Waals surface area (Å²) in [5.41, 5.74) is 1.81. The summed E-state index contributed by atoms with van der Waals surface area (Å²) in [6.07, 6.45) is 9.79. The quantitative estimate of drug-likeness (QED) is 0.195. The standard InChI is InChI=1S/C21H30N4O2.HI/c1-22-21(23-13-14-26-19-11-7-2-3-8-12-19)24-15-18-16-27-20(25-18)17-9-5-4-6-10-17;/h4-6,9-10,16,19H,2-3,7-8,11-15H2,1H3,(H2,22,23,24);1H. The molecule has 2 aromatic rings. The van der Waals surface area contributed by atoms with Gasteiger partial charge in [0.05, 0.1) is 24.9 Å². The van der Waals surface area contributed by atoms with Crippen molar-refractivity contribution < 1.29 is 9.15 Å². The minimum atomic E-state index is 0. The Morgan fingerprint density at radius 3 is 2.61 bits per heavy atom. The Hall–Kier alpha value is -1.61. The largest absolute Gasteiger partial charge is 0.444 e. The van der Waals surface area contributed by atoms with Crippen molar-refractivity contribution >= 4 is 29.9 Å². The van der Waals surface area contributed by atoms with Crippen LogP contribution in [0.2, 0.25) is 0 Å². The molecule has 6 nitrogen and oxygen atoms in total. The van der Waals surface area contributed by atoms with Crippen molar-refractivity contribution in [3.63, 3.8) is 0 Å². The van der Waals surface area contributed by atoms with E-state index < -0.39 is 0 Å². The Labute approximate surface area is 184 Å². The molecular formula is C21H31IN4O2. The van der Waals surface area contributed by atoms with Crippen LogP contribution >= 0.6 is 24.0 Å². The lowest BCUT2D eigenvalue weighted by atomic mass is 10.1. The smallest absolute Gasteiger partial charge is 0.226 e. The first kappa shape index (κ1) is 22.7. The fourth-order valence-electron chi connectivity index (χ4n) is 3.30. The second-order valence-electron chi connectivity index (χ2n) is 6.85. The SMILES string of the molecule is CN=C(NCCOC1CCCCCC1)NCc1coc(-c2ccccc2)n1.I. The van der Waals surface area contributed by atoms with Gasteiger partial charge >= 0.3 is 0 Å². The maximum absolute atomic E-state index is 6.00. The number of guanidine groups is 1. The van der Waals surface area contributed by atoms with E-state index in [1.807, 2.05) is 30.3 Å². The van der Waals surface area contributed by atoms with Crippen molar-refractivity contribution in [3.05, 3.63) is 42.3 Å². The predicted molar refractivity (Wildman–Crippen MR) is 123 cm³/mol. The lowest BCUT2D eigenvalue weighted by Crippen LogP contribution is -2.39. The zero-order valence-corrected chi connectivity index (χ0v) is 18.9. The Kier molecular flexibility index (Phi) is 10.3. The molecule has 1 aromatic carbocycles. The summed E-state index contributed by atoms with van der Waals surface area (Å²) >= 11 is 0. The van der Waals surface area contributed by atoms with Crippen molar-refractivity contribution in [2.45, 2.75) is 51.2 Å². The average Bonchev–Trinajstić information content (AvgIpc) is 3.04. The number of halogens is 1. The Balaban J connectivity index is 0.00000280. The molecule has 28 heavy (non-hydrogen) atoms. The lowest BCUT2D eigenvalue weighted by Gasteiger charge is -2.16. The summed E-state index contributed by atoms with van der Waals surface area (Å²) in [7, 11) is 1.76. The zero-order chi connectivity index (χ0) is 18.7. The third-order valence-electron chi connectivity index (χ3n) is 4.78. The van der Waals surface area contributed by atoms with Gasteiger partial charge in [0, 0.05) is 19.2 Å². The Bertz CT molecular complexity index is 697. The van der Waals surface area contributed by atoms with Crippen molar-refractivity contribution in [2.75, 3.05) is 20.2 Å². The molecule has 0 aliphatic heterocycles. The third kappa shape index (κ3) is 7.43. The highest BCUT2D eigenvalue weighted by Gasteiger charge is 2.12. The van der Waals surface area contributed by atoms with Crippen molar-refractivity contribution in [3.8, 4) is 11.5 Å². The summed E-state index contributed by atoms with van der Waals surface area (Å²) in [4.78, 5) is 8.76. The summed E-state index contributed by atoms with van der Waals surface area (Å²) in [6.45, 7) is 2.00. The van der Waals surface area contributed by atoms with Crippen molar-refractivity contribution in [2.24, 2.45) is 4.99 Å². The highest BCUT2D eigenvalue weighted by molar-refractivity contribution is 14.0. The van der Waals surface area contributed by atoms with Gasteiger partial charge in [-0.25, -0.2) is 4.98 Å². The van der Waals surface area contributed by atoms with Crippen molar-refractivity contribution in [1.29, 1.82) is 0 Å². The number of ether oxygens (including phenoxy) is 1. The molecule has 0 unspecified atom stereocenters. The van der Waals surface area contributed by atoms with Gasteiger partial charge < -0.3 is 19.8 Å². The molecule has 0 spiro atoms. The van der Waals surface area contributed by atoms with E-state index in [1.165, 1.54) is 38.5 Å².